The highest BCUT2D eigenvalue weighted by atomic mass is 19.4. The van der Waals surface area contributed by atoms with Gasteiger partial charge in [-0.2, -0.15) is 13.2 Å². The van der Waals surface area contributed by atoms with Crippen molar-refractivity contribution in [2.75, 3.05) is 0 Å². The zero-order valence-corrected chi connectivity index (χ0v) is 9.92. The number of hydrogen-bond acceptors (Lipinski definition) is 1. The number of piperidine rings is 2. The molecule has 0 amide bonds. The van der Waals surface area contributed by atoms with E-state index in [1.54, 1.807) is 0 Å². The molecule has 11 heteroatoms. The maximum atomic E-state index is 13.6. The van der Waals surface area contributed by atoms with E-state index in [0.717, 1.165) is 0 Å². The molecule has 2 fully saturated rings. The maximum Gasteiger partial charge on any atom is 0.407 e. The zero-order valence-electron chi connectivity index (χ0n) is 9.92. The first-order valence-electron chi connectivity index (χ1n) is 5.82. The molecule has 124 valence electrons. The SMILES string of the molecule is FC1C(F)C(F)N2C(C1F)C(F)C(F)C(F)C2C(F)(F)F. The van der Waals surface area contributed by atoms with Gasteiger partial charge in [0.2, 0.25) is 0 Å². The highest BCUT2D eigenvalue weighted by Gasteiger charge is 2.68. The Balaban J connectivity index is 2.49. The largest absolute Gasteiger partial charge is 0.407 e. The highest BCUT2D eigenvalue weighted by molar-refractivity contribution is 5.12. The third-order valence-corrected chi connectivity index (χ3v) is 3.72. The molecule has 0 aromatic heterocycles. The Morgan fingerprint density at radius 3 is 1.43 bits per heavy atom. The molecule has 0 bridgehead atoms. The van der Waals surface area contributed by atoms with Gasteiger partial charge in [0, 0.05) is 0 Å². The van der Waals surface area contributed by atoms with E-state index in [2.05, 4.69) is 0 Å². The molecular weight excluding hydrogens is 324 g/mol. The van der Waals surface area contributed by atoms with Crippen LogP contribution in [0, 0.1) is 0 Å². The third-order valence-electron chi connectivity index (χ3n) is 3.72. The molecule has 0 radical (unpaired) electrons. The Kier molecular flexibility index (Phi) is 4.09. The lowest BCUT2D eigenvalue weighted by Gasteiger charge is -2.52. The first-order valence-corrected chi connectivity index (χ1v) is 5.82. The summed E-state index contributed by atoms with van der Waals surface area (Å²) >= 11 is 0. The Labute approximate surface area is 111 Å². The Morgan fingerprint density at radius 2 is 1.00 bits per heavy atom. The van der Waals surface area contributed by atoms with Crippen molar-refractivity contribution in [2.45, 2.75) is 61.6 Å². The highest BCUT2D eigenvalue weighted by Crippen LogP contribution is 2.46. The van der Waals surface area contributed by atoms with Crippen LogP contribution in [0.5, 0.6) is 0 Å². The molecule has 2 rings (SSSR count). The average molecular weight is 333 g/mol. The summed E-state index contributed by atoms with van der Waals surface area (Å²) in [5.74, 6) is 0. The Morgan fingerprint density at radius 1 is 0.571 bits per heavy atom. The van der Waals surface area contributed by atoms with Crippen LogP contribution in [-0.4, -0.2) is 66.5 Å². The van der Waals surface area contributed by atoms with Gasteiger partial charge in [-0.3, -0.25) is 0 Å². The minimum atomic E-state index is -5.62. The molecule has 1 nitrogen and oxygen atoms in total. The van der Waals surface area contributed by atoms with Crippen LogP contribution in [0.1, 0.15) is 0 Å². The first kappa shape index (κ1) is 16.6. The van der Waals surface area contributed by atoms with E-state index in [4.69, 9.17) is 0 Å². The Bertz CT molecular complexity index is 385. The second-order valence-corrected chi connectivity index (χ2v) is 4.96. The predicted octanol–water partition coefficient (Wildman–Crippen LogP) is 2.94. The molecule has 0 saturated carbocycles. The third kappa shape index (κ3) is 2.36. The van der Waals surface area contributed by atoms with Crippen LogP contribution in [0.2, 0.25) is 0 Å². The standard InChI is InChI=1S/C10H9F10N/c11-1-3(13)7-4(14)2(12)6(16)9(17)21(7)8(5(1)15)10(18,19)20/h1-9H. The summed E-state index contributed by atoms with van der Waals surface area (Å²) in [5, 5.41) is 0. The predicted molar refractivity (Wildman–Crippen MR) is 49.7 cm³/mol. The molecule has 2 heterocycles. The molecule has 0 aliphatic carbocycles. The summed E-state index contributed by atoms with van der Waals surface area (Å²) in [5.41, 5.74) is 0. The number of alkyl halides is 10. The van der Waals surface area contributed by atoms with Crippen molar-refractivity contribution in [2.24, 2.45) is 0 Å². The van der Waals surface area contributed by atoms with Crippen LogP contribution in [0.15, 0.2) is 0 Å². The normalized spacial score (nSPS) is 52.6. The van der Waals surface area contributed by atoms with E-state index >= 15 is 0 Å². The van der Waals surface area contributed by atoms with Crippen LogP contribution >= 0.6 is 0 Å². The van der Waals surface area contributed by atoms with E-state index in [1.807, 2.05) is 0 Å². The smallest absolute Gasteiger partial charge is 0.248 e. The number of rotatable bonds is 0. The lowest BCUT2D eigenvalue weighted by molar-refractivity contribution is -0.280. The summed E-state index contributed by atoms with van der Waals surface area (Å²) < 4.78 is 132. The lowest BCUT2D eigenvalue weighted by Crippen LogP contribution is -2.76. The van der Waals surface area contributed by atoms with Crippen molar-refractivity contribution < 1.29 is 43.9 Å². The van der Waals surface area contributed by atoms with Gasteiger partial charge in [-0.25, -0.2) is 35.6 Å². The van der Waals surface area contributed by atoms with Gasteiger partial charge in [-0.1, -0.05) is 0 Å². The number of nitrogens with zero attached hydrogens (tertiary/aromatic N) is 1. The summed E-state index contributed by atoms with van der Waals surface area (Å²) in [4.78, 5) is -0.809. The van der Waals surface area contributed by atoms with Gasteiger partial charge in [0.1, 0.15) is 6.04 Å². The molecule has 9 atom stereocenters. The number of halogens is 10. The van der Waals surface area contributed by atoms with E-state index in [9.17, 15) is 43.9 Å². The van der Waals surface area contributed by atoms with Crippen LogP contribution in [0.25, 0.3) is 0 Å². The maximum absolute atomic E-state index is 13.6. The molecule has 0 aromatic carbocycles. The summed E-state index contributed by atoms with van der Waals surface area (Å²) in [6, 6.07) is -6.49. The van der Waals surface area contributed by atoms with Crippen molar-refractivity contribution in [3.8, 4) is 0 Å². The van der Waals surface area contributed by atoms with Crippen molar-refractivity contribution >= 4 is 0 Å². The lowest BCUT2D eigenvalue weighted by atomic mass is 9.82. The second kappa shape index (κ2) is 5.17. The molecule has 0 aromatic rings. The second-order valence-electron chi connectivity index (χ2n) is 4.96. The molecule has 0 spiro atoms. The van der Waals surface area contributed by atoms with Crippen molar-refractivity contribution in [1.82, 2.24) is 4.90 Å². The average Bonchev–Trinajstić information content (AvgIpc) is 2.38. The number of hydrogen-bond donors (Lipinski definition) is 0. The molecule has 2 saturated heterocycles. The van der Waals surface area contributed by atoms with Gasteiger partial charge >= 0.3 is 6.18 Å². The van der Waals surface area contributed by atoms with Crippen molar-refractivity contribution in [3.05, 3.63) is 0 Å². The Hall–Kier alpha value is -0.740. The first-order chi connectivity index (χ1) is 9.50. The fraction of sp³-hybridized carbons (Fsp3) is 1.00. The monoisotopic (exact) mass is 333 g/mol. The van der Waals surface area contributed by atoms with Crippen LogP contribution in [-0.2, 0) is 0 Å². The van der Waals surface area contributed by atoms with Gasteiger partial charge in [0.05, 0.1) is 6.04 Å². The van der Waals surface area contributed by atoms with Gasteiger partial charge in [0.25, 0.3) is 0 Å². The van der Waals surface area contributed by atoms with Crippen LogP contribution < -0.4 is 0 Å². The quantitative estimate of drug-likeness (QED) is 0.487. The van der Waals surface area contributed by atoms with Crippen molar-refractivity contribution in [1.29, 1.82) is 0 Å². The van der Waals surface area contributed by atoms with E-state index < -0.39 is 66.5 Å². The molecule has 0 N–H and O–H groups in total. The molecular formula is C10H9F10N. The topological polar surface area (TPSA) is 3.24 Å². The zero-order chi connectivity index (χ0) is 16.3. The van der Waals surface area contributed by atoms with E-state index in [-0.39, 0.29) is 0 Å². The molecule has 9 unspecified atom stereocenters. The summed E-state index contributed by atoms with van der Waals surface area (Å²) in [6.45, 7) is 0. The fourth-order valence-corrected chi connectivity index (χ4v) is 2.74. The molecule has 2 aliphatic heterocycles. The van der Waals surface area contributed by atoms with Gasteiger partial charge in [0.15, 0.2) is 43.3 Å². The molecule has 2 aliphatic rings. The summed E-state index contributed by atoms with van der Waals surface area (Å²) in [7, 11) is 0. The van der Waals surface area contributed by atoms with Gasteiger partial charge in [-0.15, -0.1) is 0 Å². The van der Waals surface area contributed by atoms with Gasteiger partial charge < -0.3 is 0 Å². The van der Waals surface area contributed by atoms with Gasteiger partial charge in [-0.05, 0) is 0 Å². The van der Waals surface area contributed by atoms with Crippen molar-refractivity contribution in [3.63, 3.8) is 0 Å². The minimum absolute atomic E-state index is 0.809. The molecule has 21 heavy (non-hydrogen) atoms. The fourth-order valence-electron chi connectivity index (χ4n) is 2.74. The van der Waals surface area contributed by atoms with Crippen LogP contribution in [0.3, 0.4) is 0 Å². The minimum Gasteiger partial charge on any atom is -0.248 e. The summed E-state index contributed by atoms with van der Waals surface area (Å²) in [6.07, 6.45) is -29.2. The van der Waals surface area contributed by atoms with Crippen LogP contribution in [0.4, 0.5) is 43.9 Å². The number of fused-ring (bicyclic) bond motifs is 1. The van der Waals surface area contributed by atoms with E-state index in [1.165, 1.54) is 0 Å². The van der Waals surface area contributed by atoms with E-state index in [0.29, 0.717) is 0 Å².